The number of carbonyl (C=O) groups is 1. The first-order valence-electron chi connectivity index (χ1n) is 6.68. The number of rotatable bonds is 12. The highest BCUT2D eigenvalue weighted by Gasteiger charge is 2.32. The SMILES string of the molecule is CCCCCCC(=O)OCC(CO)(CO)COP(O)O. The summed E-state index contributed by atoms with van der Waals surface area (Å²) in [6, 6.07) is 0. The van der Waals surface area contributed by atoms with Gasteiger partial charge in [-0.3, -0.25) is 4.79 Å². The summed E-state index contributed by atoms with van der Waals surface area (Å²) in [5.41, 5.74) is -1.22. The molecule has 4 N–H and O–H groups in total. The van der Waals surface area contributed by atoms with Crippen LogP contribution >= 0.6 is 8.60 Å². The Bertz CT molecular complexity index is 256. The fourth-order valence-corrected chi connectivity index (χ4v) is 1.86. The van der Waals surface area contributed by atoms with Gasteiger partial charge >= 0.3 is 14.6 Å². The molecule has 0 amide bonds. The summed E-state index contributed by atoms with van der Waals surface area (Å²) < 4.78 is 9.61. The van der Waals surface area contributed by atoms with Crippen LogP contribution in [-0.4, -0.2) is 52.4 Å². The van der Waals surface area contributed by atoms with Crippen LogP contribution in [0.1, 0.15) is 39.0 Å². The van der Waals surface area contributed by atoms with Crippen molar-refractivity contribution in [2.24, 2.45) is 5.41 Å². The number of carbonyl (C=O) groups excluding carboxylic acids is 1. The highest BCUT2D eigenvalue weighted by Crippen LogP contribution is 2.29. The number of unbranched alkanes of at least 4 members (excludes halogenated alkanes) is 3. The zero-order chi connectivity index (χ0) is 15.4. The van der Waals surface area contributed by atoms with Crippen molar-refractivity contribution in [3.8, 4) is 0 Å². The standard InChI is InChI=1S/C12H25O7P/c1-2-3-4-5-6-11(15)18-9-12(7-13,8-14)10-19-20(16)17/h13-14,16-17H,2-10H2,1H3. The molecule has 20 heavy (non-hydrogen) atoms. The van der Waals surface area contributed by atoms with Crippen molar-refractivity contribution in [2.45, 2.75) is 39.0 Å². The molecule has 0 heterocycles. The van der Waals surface area contributed by atoms with Gasteiger partial charge < -0.3 is 29.3 Å². The van der Waals surface area contributed by atoms with Crippen LogP contribution in [0.25, 0.3) is 0 Å². The van der Waals surface area contributed by atoms with Crippen molar-refractivity contribution in [2.75, 3.05) is 26.4 Å². The average molecular weight is 312 g/mol. The molecule has 0 aliphatic carbocycles. The van der Waals surface area contributed by atoms with Crippen LogP contribution in [-0.2, 0) is 14.1 Å². The first-order valence-corrected chi connectivity index (χ1v) is 7.84. The van der Waals surface area contributed by atoms with Crippen LogP contribution in [0, 0.1) is 5.41 Å². The number of hydrogen-bond acceptors (Lipinski definition) is 7. The molecular weight excluding hydrogens is 287 g/mol. The van der Waals surface area contributed by atoms with Crippen molar-refractivity contribution < 1.29 is 34.1 Å². The minimum Gasteiger partial charge on any atom is -0.465 e. The third-order valence-corrected chi connectivity index (χ3v) is 3.29. The Morgan fingerprint density at radius 2 is 1.75 bits per heavy atom. The number of hydrogen-bond donors (Lipinski definition) is 4. The molecule has 0 fully saturated rings. The monoisotopic (exact) mass is 312 g/mol. The summed E-state index contributed by atoms with van der Waals surface area (Å²) in [5, 5.41) is 18.5. The van der Waals surface area contributed by atoms with Gasteiger partial charge in [0.2, 0.25) is 0 Å². The molecule has 0 saturated heterocycles. The van der Waals surface area contributed by atoms with Gasteiger partial charge in [-0.15, -0.1) is 0 Å². The molecule has 7 nitrogen and oxygen atoms in total. The molecule has 8 heteroatoms. The first-order chi connectivity index (χ1) is 9.49. The molecule has 0 aromatic carbocycles. The number of esters is 1. The summed E-state index contributed by atoms with van der Waals surface area (Å²) in [6.07, 6.45) is 4.14. The Balaban J connectivity index is 4.08. The summed E-state index contributed by atoms with van der Waals surface area (Å²) >= 11 is 0. The van der Waals surface area contributed by atoms with Crippen molar-refractivity contribution in [3.63, 3.8) is 0 Å². The van der Waals surface area contributed by atoms with Gasteiger partial charge in [0, 0.05) is 6.42 Å². The predicted molar refractivity (Wildman–Crippen MR) is 73.6 cm³/mol. The van der Waals surface area contributed by atoms with Crippen LogP contribution in [0.15, 0.2) is 0 Å². The maximum absolute atomic E-state index is 11.5. The molecule has 0 spiro atoms. The lowest BCUT2D eigenvalue weighted by Crippen LogP contribution is -2.40. The second-order valence-electron chi connectivity index (χ2n) is 4.81. The smallest absolute Gasteiger partial charge is 0.327 e. The van der Waals surface area contributed by atoms with Gasteiger partial charge in [-0.1, -0.05) is 26.2 Å². The van der Waals surface area contributed by atoms with Crippen molar-refractivity contribution in [3.05, 3.63) is 0 Å². The molecular formula is C12H25O7P. The predicted octanol–water partition coefficient (Wildman–Crippen LogP) is 0.699. The van der Waals surface area contributed by atoms with Crippen molar-refractivity contribution in [1.29, 1.82) is 0 Å². The molecule has 0 bridgehead atoms. The zero-order valence-electron chi connectivity index (χ0n) is 11.8. The minimum absolute atomic E-state index is 0.226. The van der Waals surface area contributed by atoms with E-state index in [9.17, 15) is 15.0 Å². The normalized spacial score (nSPS) is 11.9. The number of aliphatic hydroxyl groups is 2. The lowest BCUT2D eigenvalue weighted by Gasteiger charge is -2.28. The molecule has 0 radical (unpaired) electrons. The van der Waals surface area contributed by atoms with E-state index in [-0.39, 0.29) is 13.2 Å². The van der Waals surface area contributed by atoms with E-state index in [0.29, 0.717) is 6.42 Å². The Morgan fingerprint density at radius 3 is 2.25 bits per heavy atom. The van der Waals surface area contributed by atoms with Gasteiger partial charge in [0.1, 0.15) is 6.61 Å². The van der Waals surface area contributed by atoms with E-state index in [1.807, 2.05) is 0 Å². The summed E-state index contributed by atoms with van der Waals surface area (Å²) in [4.78, 5) is 28.9. The van der Waals surface area contributed by atoms with Crippen LogP contribution in [0.3, 0.4) is 0 Å². The fourth-order valence-electron chi connectivity index (χ4n) is 1.47. The Kier molecular flexibility index (Phi) is 11.2. The summed E-state index contributed by atoms with van der Waals surface area (Å²) in [6.45, 7) is 0.565. The molecule has 0 unspecified atom stereocenters. The van der Waals surface area contributed by atoms with E-state index in [1.165, 1.54) is 0 Å². The van der Waals surface area contributed by atoms with Crippen molar-refractivity contribution >= 4 is 14.6 Å². The van der Waals surface area contributed by atoms with Gasteiger partial charge in [-0.05, 0) is 6.42 Å². The second-order valence-corrected chi connectivity index (χ2v) is 5.58. The second kappa shape index (κ2) is 11.4. The highest BCUT2D eigenvalue weighted by atomic mass is 31.2. The van der Waals surface area contributed by atoms with Gasteiger partial charge in [0.05, 0.1) is 25.2 Å². The largest absolute Gasteiger partial charge is 0.465 e. The average Bonchev–Trinajstić information content (AvgIpc) is 2.44. The highest BCUT2D eigenvalue weighted by molar-refractivity contribution is 7.39. The Hall–Kier alpha value is -0.300. The van der Waals surface area contributed by atoms with Crippen molar-refractivity contribution in [1.82, 2.24) is 0 Å². The van der Waals surface area contributed by atoms with Gasteiger partial charge in [0.25, 0.3) is 0 Å². The van der Waals surface area contributed by atoms with Gasteiger partial charge in [-0.25, -0.2) is 0 Å². The lowest BCUT2D eigenvalue weighted by molar-refractivity contribution is -0.151. The third-order valence-electron chi connectivity index (χ3n) is 2.93. The van der Waals surface area contributed by atoms with E-state index in [4.69, 9.17) is 14.5 Å². The molecule has 0 aliphatic heterocycles. The van der Waals surface area contributed by atoms with E-state index in [2.05, 4.69) is 11.4 Å². The number of aliphatic hydroxyl groups excluding tert-OH is 2. The quantitative estimate of drug-likeness (QED) is 0.238. The summed E-state index contributed by atoms with van der Waals surface area (Å²) in [7, 11) is -2.58. The third kappa shape index (κ3) is 8.79. The van der Waals surface area contributed by atoms with E-state index < -0.39 is 33.2 Å². The first kappa shape index (κ1) is 19.7. The fraction of sp³-hybridized carbons (Fsp3) is 0.917. The summed E-state index contributed by atoms with van der Waals surface area (Å²) in [5.74, 6) is -0.400. The molecule has 0 saturated carbocycles. The van der Waals surface area contributed by atoms with Crippen LogP contribution < -0.4 is 0 Å². The maximum Gasteiger partial charge on any atom is 0.327 e. The van der Waals surface area contributed by atoms with Crippen LogP contribution in [0.2, 0.25) is 0 Å². The molecule has 0 aliphatic rings. The van der Waals surface area contributed by atoms with E-state index >= 15 is 0 Å². The zero-order valence-corrected chi connectivity index (χ0v) is 12.7. The van der Waals surface area contributed by atoms with Gasteiger partial charge in [0.15, 0.2) is 0 Å². The molecule has 0 aromatic heterocycles. The number of ether oxygens (including phenoxy) is 1. The van der Waals surface area contributed by atoms with Gasteiger partial charge in [-0.2, -0.15) is 0 Å². The topological polar surface area (TPSA) is 116 Å². The maximum atomic E-state index is 11.5. The Labute approximate surface area is 120 Å². The van der Waals surface area contributed by atoms with Crippen LogP contribution in [0.4, 0.5) is 0 Å². The molecule has 0 rings (SSSR count). The minimum atomic E-state index is -2.58. The Morgan fingerprint density at radius 1 is 1.10 bits per heavy atom. The van der Waals surface area contributed by atoms with Crippen LogP contribution in [0.5, 0.6) is 0 Å². The molecule has 0 aromatic rings. The van der Waals surface area contributed by atoms with E-state index in [1.54, 1.807) is 0 Å². The van der Waals surface area contributed by atoms with E-state index in [0.717, 1.165) is 25.7 Å². The molecule has 0 atom stereocenters. The lowest BCUT2D eigenvalue weighted by atomic mass is 9.93. The molecule has 120 valence electrons.